The van der Waals surface area contributed by atoms with Crippen LogP contribution < -0.4 is 14.4 Å². The summed E-state index contributed by atoms with van der Waals surface area (Å²) in [6.45, 7) is 7.25. The molecule has 11 nitrogen and oxygen atoms in total. The minimum absolute atomic E-state index is 0.0123. The van der Waals surface area contributed by atoms with Gasteiger partial charge in [0.2, 0.25) is 5.91 Å². The average Bonchev–Trinajstić information content (AvgIpc) is 3.43. The van der Waals surface area contributed by atoms with Crippen molar-refractivity contribution >= 4 is 28.7 Å². The number of unbranched alkanes of at least 4 members (excludes halogenated alkanes) is 2. The number of pyridine rings is 1. The molecule has 0 N–H and O–H groups in total. The quantitative estimate of drug-likeness (QED) is 0.269. The molecule has 2 aromatic heterocycles. The van der Waals surface area contributed by atoms with Crippen molar-refractivity contribution in [2.75, 3.05) is 72.0 Å². The Labute approximate surface area is 260 Å². The normalized spacial score (nSPS) is 17.5. The highest BCUT2D eigenvalue weighted by Crippen LogP contribution is 2.34. The Morgan fingerprint density at radius 1 is 1.11 bits per heavy atom. The van der Waals surface area contributed by atoms with E-state index in [0.717, 1.165) is 54.5 Å². The number of anilines is 1. The Kier molecular flexibility index (Phi) is 10.6. The van der Waals surface area contributed by atoms with Crippen molar-refractivity contribution in [1.82, 2.24) is 24.3 Å². The van der Waals surface area contributed by atoms with Crippen LogP contribution in [-0.4, -0.2) is 109 Å². The van der Waals surface area contributed by atoms with Gasteiger partial charge in [-0.1, -0.05) is 19.8 Å². The highest BCUT2D eigenvalue weighted by atomic mass is 16.5. The molecule has 2 saturated heterocycles. The summed E-state index contributed by atoms with van der Waals surface area (Å²) < 4.78 is 19.3. The van der Waals surface area contributed by atoms with E-state index in [9.17, 15) is 9.59 Å². The molecule has 11 heteroatoms. The van der Waals surface area contributed by atoms with Crippen molar-refractivity contribution < 1.29 is 23.8 Å². The zero-order valence-corrected chi connectivity index (χ0v) is 26.5. The number of amides is 3. The van der Waals surface area contributed by atoms with Crippen molar-refractivity contribution in [3.05, 3.63) is 48.3 Å². The molecule has 2 fully saturated rings. The molecule has 44 heavy (non-hydrogen) atoms. The van der Waals surface area contributed by atoms with Gasteiger partial charge in [0, 0.05) is 68.8 Å². The van der Waals surface area contributed by atoms with Gasteiger partial charge in [0.05, 0.1) is 26.4 Å². The van der Waals surface area contributed by atoms with Crippen LogP contribution in [0.15, 0.2) is 42.7 Å². The summed E-state index contributed by atoms with van der Waals surface area (Å²) in [4.78, 5) is 39.3. The number of nitrogens with zero attached hydrogens (tertiary/aromatic N) is 6. The molecule has 0 radical (unpaired) electrons. The number of urea groups is 1. The summed E-state index contributed by atoms with van der Waals surface area (Å²) >= 11 is 0. The van der Waals surface area contributed by atoms with Crippen molar-refractivity contribution in [2.45, 2.75) is 51.8 Å². The number of aromatic nitrogens is 2. The molecule has 0 aliphatic carbocycles. The molecule has 238 valence electrons. The Morgan fingerprint density at radius 3 is 2.77 bits per heavy atom. The van der Waals surface area contributed by atoms with Gasteiger partial charge in [0.15, 0.2) is 11.5 Å². The molecule has 1 unspecified atom stereocenters. The van der Waals surface area contributed by atoms with E-state index in [1.54, 1.807) is 13.3 Å². The number of carbonyl (C=O) groups is 2. The molecule has 2 aliphatic heterocycles. The number of ether oxygens (including phenoxy) is 3. The van der Waals surface area contributed by atoms with E-state index in [1.165, 1.54) is 0 Å². The van der Waals surface area contributed by atoms with Crippen molar-refractivity contribution in [3.63, 3.8) is 0 Å². The number of morpholine rings is 1. The number of fused-ring (bicyclic) bond motifs is 1. The second-order valence-electron chi connectivity index (χ2n) is 11.8. The first-order chi connectivity index (χ1) is 21.4. The van der Waals surface area contributed by atoms with Gasteiger partial charge < -0.3 is 33.5 Å². The van der Waals surface area contributed by atoms with Crippen LogP contribution in [0.4, 0.5) is 10.5 Å². The second-order valence-corrected chi connectivity index (χ2v) is 11.8. The fourth-order valence-corrected chi connectivity index (χ4v) is 5.97. The summed E-state index contributed by atoms with van der Waals surface area (Å²) in [6, 6.07) is 9.61. The summed E-state index contributed by atoms with van der Waals surface area (Å²) in [5.41, 5.74) is 2.55. The molecule has 3 aromatic rings. The Hall–Kier alpha value is -3.83. The summed E-state index contributed by atoms with van der Waals surface area (Å²) in [5.74, 6) is 1.37. The van der Waals surface area contributed by atoms with Crippen LogP contribution in [0.2, 0.25) is 0 Å². The number of methoxy groups -OCH3 is 1. The fraction of sp³-hybridized carbons (Fsp3) is 0.545. The first kappa shape index (κ1) is 31.6. The highest BCUT2D eigenvalue weighted by molar-refractivity contribution is 5.93. The van der Waals surface area contributed by atoms with Gasteiger partial charge in [0.25, 0.3) is 0 Å². The highest BCUT2D eigenvalue weighted by Gasteiger charge is 2.29. The zero-order valence-electron chi connectivity index (χ0n) is 26.5. The number of carbonyl (C=O) groups excluding carboxylic acids is 2. The van der Waals surface area contributed by atoms with Gasteiger partial charge in [-0.3, -0.25) is 9.69 Å². The third-order valence-electron chi connectivity index (χ3n) is 8.26. The third kappa shape index (κ3) is 7.44. The van der Waals surface area contributed by atoms with Crippen LogP contribution in [0.5, 0.6) is 11.5 Å². The Balaban J connectivity index is 1.27. The lowest BCUT2D eigenvalue weighted by Gasteiger charge is -2.36. The smallest absolute Gasteiger partial charge is 0.324 e. The maximum absolute atomic E-state index is 13.7. The van der Waals surface area contributed by atoms with Gasteiger partial charge >= 0.3 is 6.03 Å². The monoisotopic (exact) mass is 606 g/mol. The standard InChI is InChI=1S/C33H46N6O5/c1-5-6-7-18-44-30-20-26(9-10-29(30)42-4)39-15-8-14-38(33(39)41)21-25-11-13-34-32-28(25)12-16-37(32)24-31(40)36-17-19-43-27(23-36)22-35(2)3/h9-13,16,20,27H,5-8,14-15,17-19,21-24H2,1-4H3. The van der Waals surface area contributed by atoms with Gasteiger partial charge in [-0.2, -0.15) is 0 Å². The van der Waals surface area contributed by atoms with E-state index in [-0.39, 0.29) is 24.6 Å². The van der Waals surface area contributed by atoms with E-state index < -0.39 is 0 Å². The lowest BCUT2D eigenvalue weighted by atomic mass is 10.1. The van der Waals surface area contributed by atoms with Crippen LogP contribution in [0.25, 0.3) is 11.0 Å². The molecule has 4 heterocycles. The van der Waals surface area contributed by atoms with Gasteiger partial charge in [0.1, 0.15) is 12.2 Å². The minimum Gasteiger partial charge on any atom is -0.493 e. The van der Waals surface area contributed by atoms with Crippen LogP contribution in [-0.2, 0) is 22.6 Å². The van der Waals surface area contributed by atoms with Crippen LogP contribution >= 0.6 is 0 Å². The van der Waals surface area contributed by atoms with Crippen LogP contribution in [0, 0.1) is 0 Å². The number of rotatable bonds is 13. The van der Waals surface area contributed by atoms with E-state index in [0.29, 0.717) is 57.4 Å². The summed E-state index contributed by atoms with van der Waals surface area (Å²) in [6.07, 6.45) is 7.74. The summed E-state index contributed by atoms with van der Waals surface area (Å²) in [5, 5.41) is 0.949. The van der Waals surface area contributed by atoms with Gasteiger partial charge in [-0.25, -0.2) is 9.78 Å². The summed E-state index contributed by atoms with van der Waals surface area (Å²) in [7, 11) is 5.65. The Bertz CT molecular complexity index is 1420. The first-order valence-corrected chi connectivity index (χ1v) is 15.7. The molecule has 2 aliphatic rings. The molecule has 1 aromatic carbocycles. The van der Waals surface area contributed by atoms with E-state index in [2.05, 4.69) is 16.8 Å². The number of benzene rings is 1. The SMILES string of the molecule is CCCCCOc1cc(N2CCCN(Cc3ccnc4c3ccn4CC(=O)N3CCOC(CN(C)C)C3)C2=O)ccc1OC. The maximum Gasteiger partial charge on any atom is 0.324 e. The minimum atomic E-state index is -0.0440. The molecule has 1 atom stereocenters. The van der Waals surface area contributed by atoms with Crippen molar-refractivity contribution in [2.24, 2.45) is 0 Å². The first-order valence-electron chi connectivity index (χ1n) is 15.7. The predicted molar refractivity (Wildman–Crippen MR) is 170 cm³/mol. The second kappa shape index (κ2) is 14.8. The molecule has 0 spiro atoms. The fourth-order valence-electron chi connectivity index (χ4n) is 5.97. The molecule has 0 bridgehead atoms. The predicted octanol–water partition coefficient (Wildman–Crippen LogP) is 4.24. The van der Waals surface area contributed by atoms with E-state index in [1.807, 2.05) is 69.9 Å². The average molecular weight is 607 g/mol. The van der Waals surface area contributed by atoms with E-state index >= 15 is 0 Å². The number of hydrogen-bond donors (Lipinski definition) is 0. The van der Waals surface area contributed by atoms with Crippen LogP contribution in [0.3, 0.4) is 0 Å². The van der Waals surface area contributed by atoms with Gasteiger partial charge in [-0.15, -0.1) is 0 Å². The topological polar surface area (TPSA) is 92.6 Å². The number of hydrogen-bond acceptors (Lipinski definition) is 7. The Morgan fingerprint density at radius 2 is 1.98 bits per heavy atom. The molecule has 3 amide bonds. The lowest BCUT2D eigenvalue weighted by molar-refractivity contribution is -0.139. The molecule has 0 saturated carbocycles. The van der Waals surface area contributed by atoms with Crippen molar-refractivity contribution in [3.8, 4) is 11.5 Å². The number of likely N-dealkylation sites (N-methyl/N-ethyl adjacent to an activating group) is 1. The van der Waals surface area contributed by atoms with Crippen molar-refractivity contribution in [1.29, 1.82) is 0 Å². The molecular weight excluding hydrogens is 560 g/mol. The largest absolute Gasteiger partial charge is 0.493 e. The zero-order chi connectivity index (χ0) is 31.1. The van der Waals surface area contributed by atoms with Crippen LogP contribution in [0.1, 0.15) is 38.2 Å². The van der Waals surface area contributed by atoms with Gasteiger partial charge in [-0.05, 0) is 56.8 Å². The third-order valence-corrected chi connectivity index (χ3v) is 8.26. The van der Waals surface area contributed by atoms with E-state index in [4.69, 9.17) is 14.2 Å². The maximum atomic E-state index is 13.7. The molecule has 5 rings (SSSR count). The lowest BCUT2D eigenvalue weighted by Crippen LogP contribution is -2.49. The molecular formula is C33H46N6O5.